The Bertz CT molecular complexity index is 1110. The van der Waals surface area contributed by atoms with Crippen LogP contribution in [-0.4, -0.2) is 72.3 Å². The van der Waals surface area contributed by atoms with Gasteiger partial charge in [-0.1, -0.05) is 70.2 Å². The van der Waals surface area contributed by atoms with Crippen LogP contribution in [0, 0.1) is 5.41 Å². The Labute approximate surface area is 234 Å². The first-order valence-electron chi connectivity index (χ1n) is 14.2. The summed E-state index contributed by atoms with van der Waals surface area (Å²) in [6, 6.07) is 16.8. The van der Waals surface area contributed by atoms with Gasteiger partial charge in [0.05, 0.1) is 6.04 Å². The molecular weight excluding hydrogens is 488 g/mol. The second kappa shape index (κ2) is 13.7. The molecule has 212 valence electrons. The number of aryl methyl sites for hydroxylation is 1. The van der Waals surface area contributed by atoms with Gasteiger partial charge in [-0.3, -0.25) is 14.4 Å². The average Bonchev–Trinajstić information content (AvgIpc) is 3.40. The van der Waals surface area contributed by atoms with E-state index in [2.05, 4.69) is 29.7 Å². The summed E-state index contributed by atoms with van der Waals surface area (Å²) in [5.41, 5.74) is 2.52. The van der Waals surface area contributed by atoms with Gasteiger partial charge < -0.3 is 20.4 Å². The van der Waals surface area contributed by atoms with Gasteiger partial charge in [0, 0.05) is 31.2 Å². The topological polar surface area (TPSA) is 81.8 Å². The highest BCUT2D eigenvalue weighted by molar-refractivity contribution is 5.94. The number of likely N-dealkylation sites (tertiary alicyclic amines) is 1. The number of amides is 3. The number of carbonyl (C=O) groups excluding carboxylic acids is 3. The maximum Gasteiger partial charge on any atom is 0.253 e. The first kappa shape index (κ1) is 30.4. The van der Waals surface area contributed by atoms with Gasteiger partial charge in [0.2, 0.25) is 11.8 Å². The monoisotopic (exact) mass is 534 g/mol. The number of rotatable bonds is 11. The highest BCUT2D eigenvalue weighted by Gasteiger charge is 2.40. The predicted octanol–water partition coefficient (Wildman–Crippen LogP) is 4.06. The summed E-state index contributed by atoms with van der Waals surface area (Å²) in [5, 5.41) is 5.94. The Kier molecular flexibility index (Phi) is 10.7. The Morgan fingerprint density at radius 3 is 2.38 bits per heavy atom. The minimum absolute atomic E-state index is 0.0101. The van der Waals surface area contributed by atoms with Crippen LogP contribution < -0.4 is 10.6 Å². The first-order valence-corrected chi connectivity index (χ1v) is 14.2. The molecule has 0 spiro atoms. The van der Waals surface area contributed by atoms with Crippen molar-refractivity contribution < 1.29 is 14.4 Å². The summed E-state index contributed by atoms with van der Waals surface area (Å²) in [7, 11) is 1.73. The molecule has 39 heavy (non-hydrogen) atoms. The van der Waals surface area contributed by atoms with Crippen molar-refractivity contribution in [1.82, 2.24) is 20.4 Å². The third-order valence-electron chi connectivity index (χ3n) is 7.70. The van der Waals surface area contributed by atoms with E-state index in [-0.39, 0.29) is 23.8 Å². The summed E-state index contributed by atoms with van der Waals surface area (Å²) in [5.74, 6) is -0.286. The summed E-state index contributed by atoms with van der Waals surface area (Å²) >= 11 is 0. The molecule has 0 saturated carbocycles. The maximum atomic E-state index is 13.9. The second-order valence-corrected chi connectivity index (χ2v) is 11.7. The van der Waals surface area contributed by atoms with E-state index < -0.39 is 17.5 Å². The molecule has 2 aromatic carbocycles. The molecule has 0 aliphatic carbocycles. The van der Waals surface area contributed by atoms with Gasteiger partial charge >= 0.3 is 0 Å². The molecule has 0 bridgehead atoms. The molecule has 7 heteroatoms. The zero-order valence-electron chi connectivity index (χ0n) is 24.5. The molecule has 3 rings (SSSR count). The lowest BCUT2D eigenvalue weighted by Crippen LogP contribution is -2.59. The summed E-state index contributed by atoms with van der Waals surface area (Å²) in [4.78, 5) is 44.3. The molecule has 2 N–H and O–H groups in total. The standard InChI is InChI=1S/C32H46N4O3/c1-7-24-15-11-16-26(21-24)30(38)35(20-18-25-13-9-8-10-14-25)22-27-17-12-19-36(27)31(39)28(32(3,4)5)34-29(37)23(2)33-6/h8-11,13-16,21,23,27-28,33H,7,12,17-20,22H2,1-6H3,(H,34,37)/t23-,27-,28+/m0/s1. The largest absolute Gasteiger partial charge is 0.342 e. The van der Waals surface area contributed by atoms with Crippen LogP contribution in [0.2, 0.25) is 0 Å². The van der Waals surface area contributed by atoms with Crippen molar-refractivity contribution in [3.63, 3.8) is 0 Å². The van der Waals surface area contributed by atoms with E-state index in [0.29, 0.717) is 25.2 Å². The van der Waals surface area contributed by atoms with Crippen molar-refractivity contribution in [3.8, 4) is 0 Å². The third kappa shape index (κ3) is 8.15. The molecule has 0 aromatic heterocycles. The lowest BCUT2D eigenvalue weighted by molar-refractivity contribution is -0.140. The molecule has 1 aliphatic rings. The fraction of sp³-hybridized carbons (Fsp3) is 0.531. The van der Waals surface area contributed by atoms with E-state index in [1.165, 1.54) is 5.56 Å². The number of benzene rings is 2. The van der Waals surface area contributed by atoms with E-state index in [4.69, 9.17) is 0 Å². The Balaban J connectivity index is 1.83. The van der Waals surface area contributed by atoms with Gasteiger partial charge in [-0.05, 0) is 68.3 Å². The predicted molar refractivity (Wildman–Crippen MR) is 157 cm³/mol. The van der Waals surface area contributed by atoms with Crippen molar-refractivity contribution in [2.75, 3.05) is 26.7 Å². The van der Waals surface area contributed by atoms with Crippen LogP contribution in [0.1, 0.15) is 68.9 Å². The lowest BCUT2D eigenvalue weighted by atomic mass is 9.85. The van der Waals surface area contributed by atoms with E-state index in [1.54, 1.807) is 14.0 Å². The van der Waals surface area contributed by atoms with Crippen LogP contribution in [0.15, 0.2) is 54.6 Å². The van der Waals surface area contributed by atoms with Gasteiger partial charge in [0.15, 0.2) is 0 Å². The zero-order valence-corrected chi connectivity index (χ0v) is 24.5. The minimum Gasteiger partial charge on any atom is -0.342 e. The summed E-state index contributed by atoms with van der Waals surface area (Å²) < 4.78 is 0. The van der Waals surface area contributed by atoms with Gasteiger partial charge in [0.1, 0.15) is 6.04 Å². The van der Waals surface area contributed by atoms with Crippen LogP contribution in [0.4, 0.5) is 0 Å². The number of nitrogens with one attached hydrogen (secondary N) is 2. The molecule has 7 nitrogen and oxygen atoms in total. The van der Waals surface area contributed by atoms with Gasteiger partial charge in [-0.2, -0.15) is 0 Å². The average molecular weight is 535 g/mol. The normalized spacial score (nSPS) is 17.0. The second-order valence-electron chi connectivity index (χ2n) is 11.7. The number of likely N-dealkylation sites (N-methyl/N-ethyl adjacent to an activating group) is 1. The molecular formula is C32H46N4O3. The molecule has 3 atom stereocenters. The molecule has 1 aliphatic heterocycles. The number of nitrogens with zero attached hydrogens (tertiary/aromatic N) is 2. The Morgan fingerprint density at radius 2 is 1.74 bits per heavy atom. The fourth-order valence-electron chi connectivity index (χ4n) is 5.07. The molecule has 2 aromatic rings. The van der Waals surface area contributed by atoms with Crippen LogP contribution >= 0.6 is 0 Å². The van der Waals surface area contributed by atoms with E-state index in [9.17, 15) is 14.4 Å². The highest BCUT2D eigenvalue weighted by atomic mass is 16.2. The fourth-order valence-corrected chi connectivity index (χ4v) is 5.07. The van der Waals surface area contributed by atoms with Crippen molar-refractivity contribution in [2.24, 2.45) is 5.41 Å². The van der Waals surface area contributed by atoms with Crippen molar-refractivity contribution in [1.29, 1.82) is 0 Å². The van der Waals surface area contributed by atoms with Crippen LogP contribution in [0.3, 0.4) is 0 Å². The summed E-state index contributed by atoms with van der Waals surface area (Å²) in [6.45, 7) is 11.4. The first-order chi connectivity index (χ1) is 18.5. The third-order valence-corrected chi connectivity index (χ3v) is 7.70. The van der Waals surface area contributed by atoms with Gasteiger partial charge in [-0.25, -0.2) is 0 Å². The smallest absolute Gasteiger partial charge is 0.253 e. The van der Waals surface area contributed by atoms with Crippen LogP contribution in [0.25, 0.3) is 0 Å². The molecule has 1 saturated heterocycles. The Morgan fingerprint density at radius 1 is 1.05 bits per heavy atom. The Hall–Kier alpha value is -3.19. The SMILES string of the molecule is CCc1cccc(C(=O)N(CCc2ccccc2)C[C@@H]2CCCN2C(=O)[C@@H](NC(=O)[C@H](C)NC)C(C)(C)C)c1. The molecule has 0 radical (unpaired) electrons. The van der Waals surface area contributed by atoms with Crippen molar-refractivity contribution in [2.45, 2.75) is 78.4 Å². The molecule has 0 unspecified atom stereocenters. The van der Waals surface area contributed by atoms with Crippen molar-refractivity contribution >= 4 is 17.7 Å². The number of carbonyl (C=O) groups is 3. The minimum atomic E-state index is -0.656. The van der Waals surface area contributed by atoms with Crippen LogP contribution in [0.5, 0.6) is 0 Å². The van der Waals surface area contributed by atoms with Gasteiger partial charge in [-0.15, -0.1) is 0 Å². The summed E-state index contributed by atoms with van der Waals surface area (Å²) in [6.07, 6.45) is 3.30. The zero-order chi connectivity index (χ0) is 28.6. The van der Waals surface area contributed by atoms with E-state index >= 15 is 0 Å². The maximum absolute atomic E-state index is 13.9. The number of hydrogen-bond donors (Lipinski definition) is 2. The molecule has 1 heterocycles. The van der Waals surface area contributed by atoms with Gasteiger partial charge in [0.25, 0.3) is 5.91 Å². The quantitative estimate of drug-likeness (QED) is 0.456. The molecule has 3 amide bonds. The van der Waals surface area contributed by atoms with E-state index in [1.807, 2.05) is 73.0 Å². The van der Waals surface area contributed by atoms with Crippen LogP contribution in [-0.2, 0) is 22.4 Å². The van der Waals surface area contributed by atoms with E-state index in [0.717, 1.165) is 31.2 Å². The molecule has 1 fully saturated rings. The number of hydrogen-bond acceptors (Lipinski definition) is 4. The van der Waals surface area contributed by atoms with Crippen molar-refractivity contribution in [3.05, 3.63) is 71.3 Å². The highest BCUT2D eigenvalue weighted by Crippen LogP contribution is 2.27. The lowest BCUT2D eigenvalue weighted by Gasteiger charge is -2.37.